The minimum Gasteiger partial charge on any atom is -0.360 e. The van der Waals surface area contributed by atoms with Crippen LogP contribution in [0.1, 0.15) is 23.0 Å². The van der Waals surface area contributed by atoms with Gasteiger partial charge in [-0.2, -0.15) is 0 Å². The molecule has 0 saturated heterocycles. The van der Waals surface area contributed by atoms with Gasteiger partial charge >= 0.3 is 0 Å². The van der Waals surface area contributed by atoms with Crippen LogP contribution in [0.15, 0.2) is 53.1 Å². The minimum absolute atomic E-state index is 0.210. The molecule has 6 heteroatoms. The standard InChI is InChI=1S/C19H16Cl2N2O2/c1-3-23(13-8-5-4-6-9-13)19(24)16-12(2)25-22-18(16)17-14(20)10-7-11-15(17)21/h4-11H,3H2,1-2H3. The van der Waals surface area contributed by atoms with Gasteiger partial charge in [0, 0.05) is 17.8 Å². The Hall–Kier alpha value is -2.30. The molecule has 0 spiro atoms. The maximum atomic E-state index is 13.2. The van der Waals surface area contributed by atoms with Crippen molar-refractivity contribution in [3.05, 3.63) is 69.9 Å². The van der Waals surface area contributed by atoms with Crippen molar-refractivity contribution >= 4 is 34.8 Å². The average molecular weight is 375 g/mol. The van der Waals surface area contributed by atoms with Crippen LogP contribution in [-0.4, -0.2) is 17.6 Å². The van der Waals surface area contributed by atoms with E-state index in [0.29, 0.717) is 39.2 Å². The van der Waals surface area contributed by atoms with Gasteiger partial charge in [-0.25, -0.2) is 0 Å². The molecule has 0 aliphatic carbocycles. The fourth-order valence-corrected chi connectivity index (χ4v) is 3.28. The SMILES string of the molecule is CCN(C(=O)c1c(-c2c(Cl)cccc2Cl)noc1C)c1ccccc1. The second-order valence-corrected chi connectivity index (χ2v) is 6.26. The summed E-state index contributed by atoms with van der Waals surface area (Å²) in [6.45, 7) is 4.12. The highest BCUT2D eigenvalue weighted by molar-refractivity contribution is 6.39. The van der Waals surface area contributed by atoms with E-state index in [1.165, 1.54) is 0 Å². The van der Waals surface area contributed by atoms with Gasteiger partial charge in [0.2, 0.25) is 0 Å². The summed E-state index contributed by atoms with van der Waals surface area (Å²) >= 11 is 12.6. The molecule has 4 nitrogen and oxygen atoms in total. The first-order valence-corrected chi connectivity index (χ1v) is 8.57. The summed E-state index contributed by atoms with van der Waals surface area (Å²) in [6, 6.07) is 14.6. The Morgan fingerprint density at radius 1 is 1.08 bits per heavy atom. The van der Waals surface area contributed by atoms with E-state index in [0.717, 1.165) is 5.69 Å². The number of para-hydroxylation sites is 1. The minimum atomic E-state index is -0.210. The lowest BCUT2D eigenvalue weighted by Crippen LogP contribution is -2.31. The first kappa shape index (κ1) is 17.5. The predicted molar refractivity (Wildman–Crippen MR) is 100 cm³/mol. The highest BCUT2D eigenvalue weighted by Gasteiger charge is 2.28. The zero-order valence-electron chi connectivity index (χ0n) is 13.8. The summed E-state index contributed by atoms with van der Waals surface area (Å²) < 4.78 is 5.30. The van der Waals surface area contributed by atoms with Crippen molar-refractivity contribution in [2.45, 2.75) is 13.8 Å². The Labute approximate surface area is 155 Å². The Morgan fingerprint density at radius 3 is 2.32 bits per heavy atom. The fraction of sp³-hybridized carbons (Fsp3) is 0.158. The lowest BCUT2D eigenvalue weighted by Gasteiger charge is -2.21. The van der Waals surface area contributed by atoms with Crippen molar-refractivity contribution in [2.75, 3.05) is 11.4 Å². The second kappa shape index (κ2) is 7.30. The Balaban J connectivity index is 2.12. The van der Waals surface area contributed by atoms with E-state index in [1.807, 2.05) is 37.3 Å². The molecule has 2 aromatic carbocycles. The van der Waals surface area contributed by atoms with E-state index in [1.54, 1.807) is 30.0 Å². The van der Waals surface area contributed by atoms with Crippen molar-refractivity contribution in [3.63, 3.8) is 0 Å². The van der Waals surface area contributed by atoms with Gasteiger partial charge in [-0.1, -0.05) is 52.6 Å². The number of halogens is 2. The predicted octanol–water partition coefficient (Wildman–Crippen LogP) is 5.62. The number of anilines is 1. The molecule has 0 fully saturated rings. The monoisotopic (exact) mass is 374 g/mol. The highest BCUT2D eigenvalue weighted by atomic mass is 35.5. The maximum Gasteiger partial charge on any atom is 0.264 e. The molecule has 1 heterocycles. The van der Waals surface area contributed by atoms with Crippen LogP contribution in [0.5, 0.6) is 0 Å². The van der Waals surface area contributed by atoms with Crippen LogP contribution in [0.25, 0.3) is 11.3 Å². The van der Waals surface area contributed by atoms with Crippen LogP contribution in [-0.2, 0) is 0 Å². The zero-order chi connectivity index (χ0) is 18.0. The largest absolute Gasteiger partial charge is 0.360 e. The van der Waals surface area contributed by atoms with Crippen LogP contribution in [0, 0.1) is 6.92 Å². The van der Waals surface area contributed by atoms with Crippen LogP contribution in [0.4, 0.5) is 5.69 Å². The van der Waals surface area contributed by atoms with Crippen LogP contribution in [0.2, 0.25) is 10.0 Å². The molecule has 0 aliphatic heterocycles. The van der Waals surface area contributed by atoms with E-state index in [-0.39, 0.29) is 5.91 Å². The van der Waals surface area contributed by atoms with E-state index in [9.17, 15) is 4.79 Å². The molecule has 128 valence electrons. The van der Waals surface area contributed by atoms with E-state index < -0.39 is 0 Å². The third-order valence-electron chi connectivity index (χ3n) is 3.91. The summed E-state index contributed by atoms with van der Waals surface area (Å²) in [6.07, 6.45) is 0. The lowest BCUT2D eigenvalue weighted by molar-refractivity contribution is 0.0987. The first-order valence-electron chi connectivity index (χ1n) is 7.82. The number of nitrogens with zero attached hydrogens (tertiary/aromatic N) is 2. The first-order chi connectivity index (χ1) is 12.0. The molecule has 3 rings (SSSR count). The lowest BCUT2D eigenvalue weighted by atomic mass is 10.0. The number of hydrogen-bond acceptors (Lipinski definition) is 3. The summed E-state index contributed by atoms with van der Waals surface area (Å²) in [5.74, 6) is 0.212. The number of aryl methyl sites for hydroxylation is 1. The van der Waals surface area contributed by atoms with E-state index in [4.69, 9.17) is 27.7 Å². The van der Waals surface area contributed by atoms with Gasteiger partial charge in [0.25, 0.3) is 5.91 Å². The molecular weight excluding hydrogens is 359 g/mol. The Bertz CT molecular complexity index is 887. The Kier molecular flexibility index (Phi) is 5.11. The van der Waals surface area contributed by atoms with Crippen molar-refractivity contribution in [3.8, 4) is 11.3 Å². The van der Waals surface area contributed by atoms with Gasteiger partial charge in [0.05, 0.1) is 10.0 Å². The number of hydrogen-bond donors (Lipinski definition) is 0. The summed E-state index contributed by atoms with van der Waals surface area (Å²) in [7, 11) is 0. The molecule has 1 aromatic heterocycles. The maximum absolute atomic E-state index is 13.2. The number of aromatic nitrogens is 1. The quantitative estimate of drug-likeness (QED) is 0.594. The summed E-state index contributed by atoms with van der Waals surface area (Å²) in [5, 5.41) is 4.88. The van der Waals surface area contributed by atoms with Crippen molar-refractivity contribution in [1.29, 1.82) is 0 Å². The molecule has 0 N–H and O–H groups in total. The smallest absolute Gasteiger partial charge is 0.264 e. The second-order valence-electron chi connectivity index (χ2n) is 5.44. The van der Waals surface area contributed by atoms with Gasteiger partial charge < -0.3 is 9.42 Å². The average Bonchev–Trinajstić information content (AvgIpc) is 2.97. The third-order valence-corrected chi connectivity index (χ3v) is 4.54. The molecule has 0 unspecified atom stereocenters. The molecule has 3 aromatic rings. The van der Waals surface area contributed by atoms with Crippen LogP contribution in [0.3, 0.4) is 0 Å². The van der Waals surface area contributed by atoms with Gasteiger partial charge in [-0.3, -0.25) is 4.79 Å². The van der Waals surface area contributed by atoms with Gasteiger partial charge in [0.15, 0.2) is 0 Å². The molecule has 25 heavy (non-hydrogen) atoms. The normalized spacial score (nSPS) is 10.7. The van der Waals surface area contributed by atoms with Crippen molar-refractivity contribution < 1.29 is 9.32 Å². The zero-order valence-corrected chi connectivity index (χ0v) is 15.3. The third kappa shape index (κ3) is 3.28. The summed E-state index contributed by atoms with van der Waals surface area (Å²) in [4.78, 5) is 14.9. The van der Waals surface area contributed by atoms with Crippen molar-refractivity contribution in [2.24, 2.45) is 0 Å². The van der Waals surface area contributed by atoms with Gasteiger partial charge in [0.1, 0.15) is 17.0 Å². The Morgan fingerprint density at radius 2 is 1.72 bits per heavy atom. The molecular formula is C19H16Cl2N2O2. The number of rotatable bonds is 4. The molecule has 0 bridgehead atoms. The van der Waals surface area contributed by atoms with E-state index in [2.05, 4.69) is 5.16 Å². The van der Waals surface area contributed by atoms with Crippen LogP contribution < -0.4 is 4.90 Å². The topological polar surface area (TPSA) is 46.3 Å². The highest BCUT2D eigenvalue weighted by Crippen LogP contribution is 2.37. The fourth-order valence-electron chi connectivity index (χ4n) is 2.71. The number of carbonyl (C=O) groups is 1. The number of amides is 1. The van der Waals surface area contributed by atoms with Gasteiger partial charge in [-0.05, 0) is 38.1 Å². The van der Waals surface area contributed by atoms with Crippen LogP contribution >= 0.6 is 23.2 Å². The van der Waals surface area contributed by atoms with E-state index >= 15 is 0 Å². The molecule has 0 atom stereocenters. The molecule has 0 aliphatic rings. The van der Waals surface area contributed by atoms with Crippen molar-refractivity contribution in [1.82, 2.24) is 5.16 Å². The van der Waals surface area contributed by atoms with Gasteiger partial charge in [-0.15, -0.1) is 0 Å². The summed E-state index contributed by atoms with van der Waals surface area (Å²) in [5.41, 5.74) is 2.01. The molecule has 0 saturated carbocycles. The number of benzene rings is 2. The number of carbonyl (C=O) groups excluding carboxylic acids is 1. The molecule has 0 radical (unpaired) electrons. The molecule has 1 amide bonds.